The van der Waals surface area contributed by atoms with E-state index < -0.39 is 0 Å². The van der Waals surface area contributed by atoms with Crippen molar-refractivity contribution in [1.82, 2.24) is 10.2 Å². The number of aliphatic hydroxyl groups is 1. The van der Waals surface area contributed by atoms with Gasteiger partial charge >= 0.3 is 0 Å². The van der Waals surface area contributed by atoms with E-state index >= 15 is 0 Å². The van der Waals surface area contributed by atoms with Crippen LogP contribution in [0.4, 0.5) is 0 Å². The number of rotatable bonds is 3. The van der Waals surface area contributed by atoms with Crippen LogP contribution in [0.3, 0.4) is 0 Å². The third-order valence-corrected chi connectivity index (χ3v) is 5.16. The zero-order chi connectivity index (χ0) is 13.2. The Morgan fingerprint density at radius 2 is 2.11 bits per heavy atom. The van der Waals surface area contributed by atoms with Crippen molar-refractivity contribution in [1.29, 1.82) is 0 Å². The van der Waals surface area contributed by atoms with Crippen LogP contribution in [0.15, 0.2) is 0 Å². The van der Waals surface area contributed by atoms with Crippen LogP contribution in [-0.4, -0.2) is 48.8 Å². The SMILES string of the molecule is CC1CN(C)CCC1NCC1(C)CCCCC1O. The maximum Gasteiger partial charge on any atom is 0.0605 e. The molecule has 2 aliphatic rings. The summed E-state index contributed by atoms with van der Waals surface area (Å²) in [6, 6.07) is 0.632. The van der Waals surface area contributed by atoms with Crippen LogP contribution in [0.2, 0.25) is 0 Å². The monoisotopic (exact) mass is 254 g/mol. The van der Waals surface area contributed by atoms with Gasteiger partial charge in [0.2, 0.25) is 0 Å². The average molecular weight is 254 g/mol. The number of piperidine rings is 1. The summed E-state index contributed by atoms with van der Waals surface area (Å²) in [4.78, 5) is 2.42. The highest BCUT2D eigenvalue weighted by atomic mass is 16.3. The molecule has 0 bridgehead atoms. The van der Waals surface area contributed by atoms with Crippen molar-refractivity contribution in [3.8, 4) is 0 Å². The Morgan fingerprint density at radius 3 is 2.78 bits per heavy atom. The Morgan fingerprint density at radius 1 is 1.33 bits per heavy atom. The van der Waals surface area contributed by atoms with E-state index in [4.69, 9.17) is 0 Å². The Bertz CT molecular complexity index is 271. The van der Waals surface area contributed by atoms with Gasteiger partial charge in [0.05, 0.1) is 6.10 Å². The second-order valence-electron chi connectivity index (χ2n) is 6.93. The third-order valence-electron chi connectivity index (χ3n) is 5.16. The van der Waals surface area contributed by atoms with E-state index in [1.807, 2.05) is 0 Å². The first-order valence-electron chi connectivity index (χ1n) is 7.61. The van der Waals surface area contributed by atoms with Gasteiger partial charge in [-0.3, -0.25) is 0 Å². The van der Waals surface area contributed by atoms with Gasteiger partial charge in [0.1, 0.15) is 0 Å². The van der Waals surface area contributed by atoms with Crippen molar-refractivity contribution in [2.75, 3.05) is 26.7 Å². The van der Waals surface area contributed by atoms with Crippen molar-refractivity contribution in [3.63, 3.8) is 0 Å². The van der Waals surface area contributed by atoms with Crippen molar-refractivity contribution in [3.05, 3.63) is 0 Å². The Hall–Kier alpha value is -0.120. The smallest absolute Gasteiger partial charge is 0.0605 e. The molecule has 3 nitrogen and oxygen atoms in total. The highest BCUT2D eigenvalue weighted by Crippen LogP contribution is 2.35. The van der Waals surface area contributed by atoms with Gasteiger partial charge in [-0.1, -0.05) is 26.7 Å². The van der Waals surface area contributed by atoms with Gasteiger partial charge in [-0.15, -0.1) is 0 Å². The van der Waals surface area contributed by atoms with E-state index in [-0.39, 0.29) is 11.5 Å². The van der Waals surface area contributed by atoms with E-state index in [1.165, 1.54) is 38.8 Å². The number of aliphatic hydroxyl groups excluding tert-OH is 1. The van der Waals surface area contributed by atoms with E-state index in [0.29, 0.717) is 12.0 Å². The first kappa shape index (κ1) is 14.3. The fourth-order valence-corrected chi connectivity index (χ4v) is 3.61. The molecule has 2 fully saturated rings. The molecular formula is C15H30N2O. The first-order valence-corrected chi connectivity index (χ1v) is 7.61. The molecule has 18 heavy (non-hydrogen) atoms. The Labute approximate surface area is 112 Å². The van der Waals surface area contributed by atoms with Gasteiger partial charge < -0.3 is 15.3 Å². The van der Waals surface area contributed by atoms with Gasteiger partial charge in [-0.25, -0.2) is 0 Å². The molecule has 0 aromatic heterocycles. The molecule has 1 aliphatic heterocycles. The zero-order valence-corrected chi connectivity index (χ0v) is 12.3. The van der Waals surface area contributed by atoms with Crippen LogP contribution in [0, 0.1) is 11.3 Å². The van der Waals surface area contributed by atoms with Crippen LogP contribution in [0.1, 0.15) is 46.0 Å². The lowest BCUT2D eigenvalue weighted by Gasteiger charge is -2.42. The van der Waals surface area contributed by atoms with Gasteiger partial charge in [0.25, 0.3) is 0 Å². The van der Waals surface area contributed by atoms with Crippen LogP contribution in [0.25, 0.3) is 0 Å². The third kappa shape index (κ3) is 3.25. The topological polar surface area (TPSA) is 35.5 Å². The van der Waals surface area contributed by atoms with E-state index in [1.54, 1.807) is 0 Å². The summed E-state index contributed by atoms with van der Waals surface area (Å²) in [7, 11) is 2.21. The minimum absolute atomic E-state index is 0.0985. The van der Waals surface area contributed by atoms with Crippen LogP contribution in [0.5, 0.6) is 0 Å². The molecule has 1 saturated carbocycles. The molecule has 0 aromatic carbocycles. The lowest BCUT2D eigenvalue weighted by atomic mass is 9.73. The summed E-state index contributed by atoms with van der Waals surface area (Å²) in [5.74, 6) is 0.716. The molecule has 1 aliphatic carbocycles. The van der Waals surface area contributed by atoms with Crippen LogP contribution in [-0.2, 0) is 0 Å². The number of hydrogen-bond acceptors (Lipinski definition) is 3. The molecule has 4 atom stereocenters. The van der Waals surface area contributed by atoms with Crippen molar-refractivity contribution in [2.24, 2.45) is 11.3 Å². The summed E-state index contributed by atoms with van der Waals surface area (Å²) in [5.41, 5.74) is 0.0985. The maximum atomic E-state index is 10.2. The summed E-state index contributed by atoms with van der Waals surface area (Å²) in [6.45, 7) is 7.96. The summed E-state index contributed by atoms with van der Waals surface area (Å²) in [6.07, 6.45) is 5.76. The number of likely N-dealkylation sites (tertiary alicyclic amines) is 1. The highest BCUT2D eigenvalue weighted by Gasteiger charge is 2.36. The average Bonchev–Trinajstić information content (AvgIpc) is 2.32. The molecule has 106 valence electrons. The van der Waals surface area contributed by atoms with Gasteiger partial charge in [-0.2, -0.15) is 0 Å². The molecule has 3 heteroatoms. The summed E-state index contributed by atoms with van der Waals surface area (Å²) < 4.78 is 0. The lowest BCUT2D eigenvalue weighted by Crippen LogP contribution is -2.52. The molecule has 2 rings (SSSR count). The van der Waals surface area contributed by atoms with Crippen molar-refractivity contribution >= 4 is 0 Å². The number of nitrogens with one attached hydrogen (secondary N) is 1. The second-order valence-corrected chi connectivity index (χ2v) is 6.93. The molecule has 0 radical (unpaired) electrons. The number of hydrogen-bond donors (Lipinski definition) is 2. The van der Waals surface area contributed by atoms with Gasteiger partial charge in [-0.05, 0) is 38.8 Å². The molecule has 1 heterocycles. The molecule has 0 aromatic rings. The molecule has 0 spiro atoms. The second kappa shape index (κ2) is 5.89. The Kier molecular flexibility index (Phi) is 4.68. The zero-order valence-electron chi connectivity index (χ0n) is 12.3. The molecular weight excluding hydrogens is 224 g/mol. The lowest BCUT2D eigenvalue weighted by molar-refractivity contribution is -0.00305. The van der Waals surface area contributed by atoms with Crippen LogP contribution < -0.4 is 5.32 Å². The largest absolute Gasteiger partial charge is 0.393 e. The van der Waals surface area contributed by atoms with Crippen molar-refractivity contribution in [2.45, 2.75) is 58.1 Å². The highest BCUT2D eigenvalue weighted by molar-refractivity contribution is 4.90. The quantitative estimate of drug-likeness (QED) is 0.807. The molecule has 2 N–H and O–H groups in total. The van der Waals surface area contributed by atoms with E-state index in [0.717, 1.165) is 13.0 Å². The summed E-state index contributed by atoms with van der Waals surface area (Å²) in [5, 5.41) is 14.0. The minimum Gasteiger partial charge on any atom is -0.393 e. The summed E-state index contributed by atoms with van der Waals surface area (Å²) >= 11 is 0. The Balaban J connectivity index is 1.83. The van der Waals surface area contributed by atoms with Gasteiger partial charge in [0.15, 0.2) is 0 Å². The molecule has 0 amide bonds. The minimum atomic E-state index is -0.111. The normalized spacial score (nSPS) is 43.0. The standard InChI is InChI=1S/C15H30N2O/c1-12-10-17(3)9-7-13(12)16-11-15(2)8-5-4-6-14(15)18/h12-14,16,18H,4-11H2,1-3H3. The first-order chi connectivity index (χ1) is 8.51. The van der Waals surface area contributed by atoms with Gasteiger partial charge in [0, 0.05) is 24.5 Å². The van der Waals surface area contributed by atoms with Crippen molar-refractivity contribution < 1.29 is 5.11 Å². The van der Waals surface area contributed by atoms with Crippen LogP contribution >= 0.6 is 0 Å². The maximum absolute atomic E-state index is 10.2. The molecule has 1 saturated heterocycles. The predicted molar refractivity (Wildman–Crippen MR) is 75.7 cm³/mol. The van der Waals surface area contributed by atoms with E-state index in [2.05, 4.69) is 31.1 Å². The predicted octanol–water partition coefficient (Wildman–Crippen LogP) is 1.86. The molecule has 4 unspecified atom stereocenters. The number of nitrogens with zero attached hydrogens (tertiary/aromatic N) is 1. The fourth-order valence-electron chi connectivity index (χ4n) is 3.61. The van der Waals surface area contributed by atoms with E-state index in [9.17, 15) is 5.11 Å². The fraction of sp³-hybridized carbons (Fsp3) is 1.00.